The Morgan fingerprint density at radius 1 is 0.875 bits per heavy atom. The summed E-state index contributed by atoms with van der Waals surface area (Å²) in [5, 5.41) is 2.73. The van der Waals surface area contributed by atoms with Gasteiger partial charge in [-0.05, 0) is 55.0 Å². The van der Waals surface area contributed by atoms with Crippen LogP contribution in [0.2, 0.25) is 0 Å². The molecular weight excluding hydrogens is 403 g/mol. The van der Waals surface area contributed by atoms with Crippen LogP contribution in [0.3, 0.4) is 0 Å². The second-order valence-electron chi connectivity index (χ2n) is 8.26. The van der Waals surface area contributed by atoms with Crippen LogP contribution in [0.1, 0.15) is 39.1 Å². The maximum absolute atomic E-state index is 14.0. The molecule has 1 N–H and O–H groups in total. The summed E-state index contributed by atoms with van der Waals surface area (Å²) in [5.41, 5.74) is 2.93. The highest BCUT2D eigenvalue weighted by molar-refractivity contribution is 6.02. The molecule has 3 aromatic carbocycles. The molecule has 4 nitrogen and oxygen atoms in total. The van der Waals surface area contributed by atoms with Gasteiger partial charge in [0.2, 0.25) is 0 Å². The second kappa shape index (κ2) is 10.2. The van der Waals surface area contributed by atoms with E-state index in [1.54, 1.807) is 36.4 Å². The molecule has 0 aromatic heterocycles. The lowest BCUT2D eigenvalue weighted by Crippen LogP contribution is -2.34. The Balaban J connectivity index is 1.30. The molecule has 0 saturated carbocycles. The number of nitrogens with zero attached hydrogens (tertiary/aromatic N) is 1. The number of carbonyl (C=O) groups is 2. The van der Waals surface area contributed by atoms with Crippen molar-refractivity contribution in [1.29, 1.82) is 0 Å². The van der Waals surface area contributed by atoms with Crippen molar-refractivity contribution in [1.82, 2.24) is 5.32 Å². The summed E-state index contributed by atoms with van der Waals surface area (Å²) in [7, 11) is 0. The molecule has 0 bridgehead atoms. The van der Waals surface area contributed by atoms with Crippen LogP contribution >= 0.6 is 0 Å². The van der Waals surface area contributed by atoms with Gasteiger partial charge in [-0.15, -0.1) is 0 Å². The van der Waals surface area contributed by atoms with Crippen molar-refractivity contribution in [3.63, 3.8) is 0 Å². The lowest BCUT2D eigenvalue weighted by molar-refractivity contribution is 0.0904. The molecule has 0 atom stereocenters. The number of anilines is 1. The first-order valence-corrected chi connectivity index (χ1v) is 11.0. The van der Waals surface area contributed by atoms with Gasteiger partial charge in [0.15, 0.2) is 5.78 Å². The predicted octanol–water partition coefficient (Wildman–Crippen LogP) is 4.90. The van der Waals surface area contributed by atoms with Gasteiger partial charge in [-0.3, -0.25) is 9.59 Å². The zero-order valence-corrected chi connectivity index (χ0v) is 18.0. The third-order valence-corrected chi connectivity index (χ3v) is 6.03. The smallest absolute Gasteiger partial charge is 0.251 e. The van der Waals surface area contributed by atoms with E-state index in [0.29, 0.717) is 22.7 Å². The molecular formula is C27H27FN2O2. The number of ketones is 1. The number of hydrogen-bond acceptors (Lipinski definition) is 3. The Kier molecular flexibility index (Phi) is 6.95. The SMILES string of the molecule is O=C(CNC(=O)c1cccc(CC2CCN(c3ccccc3F)CC2)c1)c1ccccc1. The molecule has 164 valence electrons. The Labute approximate surface area is 188 Å². The van der Waals surface area contributed by atoms with Crippen molar-refractivity contribution >= 4 is 17.4 Å². The van der Waals surface area contributed by atoms with E-state index in [-0.39, 0.29) is 24.1 Å². The maximum Gasteiger partial charge on any atom is 0.251 e. The third kappa shape index (κ3) is 5.41. The van der Waals surface area contributed by atoms with Crippen molar-refractivity contribution in [2.24, 2.45) is 5.92 Å². The predicted molar refractivity (Wildman–Crippen MR) is 125 cm³/mol. The largest absolute Gasteiger partial charge is 0.369 e. The summed E-state index contributed by atoms with van der Waals surface area (Å²) in [5.74, 6) is -0.0337. The van der Waals surface area contributed by atoms with Gasteiger partial charge in [-0.25, -0.2) is 4.39 Å². The van der Waals surface area contributed by atoms with E-state index in [4.69, 9.17) is 0 Å². The first kappa shape index (κ1) is 21.8. The molecule has 0 unspecified atom stereocenters. The van der Waals surface area contributed by atoms with E-state index < -0.39 is 0 Å². The number of carbonyl (C=O) groups excluding carboxylic acids is 2. The monoisotopic (exact) mass is 430 g/mol. The van der Waals surface area contributed by atoms with E-state index in [9.17, 15) is 14.0 Å². The average Bonchev–Trinajstić information content (AvgIpc) is 2.84. The first-order chi connectivity index (χ1) is 15.6. The lowest BCUT2D eigenvalue weighted by Gasteiger charge is -2.34. The van der Waals surface area contributed by atoms with Crippen molar-refractivity contribution < 1.29 is 14.0 Å². The Bertz CT molecular complexity index is 1080. The van der Waals surface area contributed by atoms with Gasteiger partial charge >= 0.3 is 0 Å². The third-order valence-electron chi connectivity index (χ3n) is 6.03. The Hall–Kier alpha value is -3.47. The van der Waals surface area contributed by atoms with E-state index in [1.807, 2.05) is 36.4 Å². The molecule has 5 heteroatoms. The summed E-state index contributed by atoms with van der Waals surface area (Å²) >= 11 is 0. The molecule has 0 radical (unpaired) electrons. The minimum absolute atomic E-state index is 0.0262. The van der Waals surface area contributed by atoms with E-state index in [1.165, 1.54) is 6.07 Å². The van der Waals surface area contributed by atoms with Crippen molar-refractivity contribution in [2.45, 2.75) is 19.3 Å². The summed E-state index contributed by atoms with van der Waals surface area (Å²) in [6.07, 6.45) is 2.85. The van der Waals surface area contributed by atoms with Gasteiger partial charge in [0.05, 0.1) is 12.2 Å². The van der Waals surface area contributed by atoms with Crippen LogP contribution in [0.5, 0.6) is 0 Å². The average molecular weight is 431 g/mol. The summed E-state index contributed by atoms with van der Waals surface area (Å²) in [4.78, 5) is 26.9. The molecule has 1 aliphatic rings. The Morgan fingerprint density at radius 3 is 2.31 bits per heavy atom. The quantitative estimate of drug-likeness (QED) is 0.543. The molecule has 32 heavy (non-hydrogen) atoms. The fourth-order valence-electron chi connectivity index (χ4n) is 4.25. The van der Waals surface area contributed by atoms with Gasteiger partial charge in [-0.1, -0.05) is 54.6 Å². The van der Waals surface area contributed by atoms with Crippen molar-refractivity contribution in [3.05, 3.63) is 101 Å². The van der Waals surface area contributed by atoms with Crippen LogP contribution in [-0.2, 0) is 6.42 Å². The fraction of sp³-hybridized carbons (Fsp3) is 0.259. The maximum atomic E-state index is 14.0. The van der Waals surface area contributed by atoms with Crippen LogP contribution in [0.15, 0.2) is 78.9 Å². The highest BCUT2D eigenvalue weighted by atomic mass is 19.1. The van der Waals surface area contributed by atoms with Gasteiger partial charge in [0, 0.05) is 24.2 Å². The number of para-hydroxylation sites is 1. The van der Waals surface area contributed by atoms with Gasteiger partial charge in [0.1, 0.15) is 5.82 Å². The van der Waals surface area contributed by atoms with Crippen LogP contribution in [-0.4, -0.2) is 31.3 Å². The highest BCUT2D eigenvalue weighted by Crippen LogP contribution is 2.27. The number of nitrogens with one attached hydrogen (secondary N) is 1. The molecule has 1 heterocycles. The normalized spacial score (nSPS) is 14.2. The van der Waals surface area contributed by atoms with Gasteiger partial charge in [-0.2, -0.15) is 0 Å². The molecule has 1 fully saturated rings. The molecule has 0 aliphatic carbocycles. The topological polar surface area (TPSA) is 49.4 Å². The standard InChI is InChI=1S/C27H27FN2O2/c28-24-11-4-5-12-25(24)30-15-13-20(14-16-30)17-21-7-6-10-23(18-21)27(32)29-19-26(31)22-8-2-1-3-9-22/h1-12,18,20H,13-17,19H2,(H,29,32). The summed E-state index contributed by atoms with van der Waals surface area (Å²) < 4.78 is 14.0. The van der Waals surface area contributed by atoms with Crippen molar-refractivity contribution in [2.75, 3.05) is 24.5 Å². The van der Waals surface area contributed by atoms with E-state index >= 15 is 0 Å². The number of Topliss-reactive ketones (excluding diaryl/α,β-unsaturated/α-hetero) is 1. The number of piperidine rings is 1. The molecule has 1 amide bonds. The number of rotatable bonds is 7. The lowest BCUT2D eigenvalue weighted by atomic mass is 9.89. The minimum atomic E-state index is -0.245. The zero-order chi connectivity index (χ0) is 22.3. The first-order valence-electron chi connectivity index (χ1n) is 11.0. The van der Waals surface area contributed by atoms with Crippen LogP contribution < -0.4 is 10.2 Å². The Morgan fingerprint density at radius 2 is 1.56 bits per heavy atom. The van der Waals surface area contributed by atoms with Gasteiger partial charge < -0.3 is 10.2 Å². The second-order valence-corrected chi connectivity index (χ2v) is 8.26. The number of amides is 1. The van der Waals surface area contributed by atoms with E-state index in [2.05, 4.69) is 10.2 Å². The molecule has 1 saturated heterocycles. The zero-order valence-electron chi connectivity index (χ0n) is 18.0. The van der Waals surface area contributed by atoms with Crippen LogP contribution in [0.4, 0.5) is 10.1 Å². The molecule has 3 aromatic rings. The van der Waals surface area contributed by atoms with Crippen molar-refractivity contribution in [3.8, 4) is 0 Å². The van der Waals surface area contributed by atoms with E-state index in [0.717, 1.165) is 37.9 Å². The fourth-order valence-corrected chi connectivity index (χ4v) is 4.25. The summed E-state index contributed by atoms with van der Waals surface area (Å²) in [6.45, 7) is 1.63. The summed E-state index contributed by atoms with van der Waals surface area (Å²) in [6, 6.07) is 23.5. The number of benzene rings is 3. The molecule has 4 rings (SSSR count). The van der Waals surface area contributed by atoms with Crippen LogP contribution in [0.25, 0.3) is 0 Å². The minimum Gasteiger partial charge on any atom is -0.369 e. The molecule has 0 spiro atoms. The van der Waals surface area contributed by atoms with Crippen LogP contribution in [0, 0.1) is 11.7 Å². The molecule has 1 aliphatic heterocycles. The van der Waals surface area contributed by atoms with Gasteiger partial charge in [0.25, 0.3) is 5.91 Å². The highest BCUT2D eigenvalue weighted by Gasteiger charge is 2.21. The number of hydrogen-bond donors (Lipinski definition) is 1. The number of halogens is 1.